The number of rotatable bonds is 8. The van der Waals surface area contributed by atoms with Crippen molar-refractivity contribution in [1.82, 2.24) is 5.32 Å². The van der Waals surface area contributed by atoms with Crippen LogP contribution in [-0.2, 0) is 14.8 Å². The summed E-state index contributed by atoms with van der Waals surface area (Å²) in [7, 11) is -2.46. The maximum atomic E-state index is 13.2. The van der Waals surface area contributed by atoms with Gasteiger partial charge in [0.25, 0.3) is 10.0 Å². The van der Waals surface area contributed by atoms with E-state index in [1.165, 1.54) is 19.2 Å². The summed E-state index contributed by atoms with van der Waals surface area (Å²) >= 11 is 0. The molecule has 0 spiro atoms. The van der Waals surface area contributed by atoms with Crippen LogP contribution in [-0.4, -0.2) is 34.5 Å². The van der Waals surface area contributed by atoms with Crippen LogP contribution in [0.3, 0.4) is 0 Å². The van der Waals surface area contributed by atoms with Crippen molar-refractivity contribution in [3.8, 4) is 5.75 Å². The molecule has 26 heavy (non-hydrogen) atoms. The maximum absolute atomic E-state index is 13.2. The molecule has 140 valence electrons. The number of sulfonamides is 1. The van der Waals surface area contributed by atoms with Gasteiger partial charge in [0, 0.05) is 6.54 Å². The second kappa shape index (κ2) is 8.71. The molecule has 0 aliphatic carbocycles. The van der Waals surface area contributed by atoms with Crippen LogP contribution in [0.4, 0.5) is 5.69 Å². The number of carbonyl (C=O) groups excluding carboxylic acids is 1. The van der Waals surface area contributed by atoms with Gasteiger partial charge in [0.15, 0.2) is 0 Å². The van der Waals surface area contributed by atoms with Gasteiger partial charge in [0.1, 0.15) is 12.3 Å². The Kier molecular flexibility index (Phi) is 6.63. The Balaban J connectivity index is 2.44. The Morgan fingerprint density at radius 3 is 2.31 bits per heavy atom. The molecule has 2 aromatic carbocycles. The van der Waals surface area contributed by atoms with E-state index >= 15 is 0 Å². The number of benzene rings is 2. The number of carbonyl (C=O) groups is 1. The topological polar surface area (TPSA) is 75.7 Å². The summed E-state index contributed by atoms with van der Waals surface area (Å²) < 4.78 is 32.7. The second-order valence-electron chi connectivity index (χ2n) is 6.19. The lowest BCUT2D eigenvalue weighted by Gasteiger charge is -2.25. The standard InChI is InChI=1S/C19H24N2O4S/c1-15(2)13-20-19(22)14-21(17-11-7-8-12-18(17)25-3)26(23,24)16-9-5-4-6-10-16/h4-12,15H,13-14H2,1-3H3,(H,20,22). The van der Waals surface area contributed by atoms with Crippen LogP contribution in [0.2, 0.25) is 0 Å². The van der Waals surface area contributed by atoms with E-state index in [0.29, 0.717) is 18.0 Å². The van der Waals surface area contributed by atoms with E-state index < -0.39 is 10.0 Å². The molecule has 0 heterocycles. The van der Waals surface area contributed by atoms with Crippen LogP contribution >= 0.6 is 0 Å². The molecule has 0 saturated carbocycles. The highest BCUT2D eigenvalue weighted by Gasteiger charge is 2.29. The van der Waals surface area contributed by atoms with Crippen LogP contribution in [0, 0.1) is 5.92 Å². The van der Waals surface area contributed by atoms with Crippen molar-refractivity contribution in [2.45, 2.75) is 18.7 Å². The average molecular weight is 376 g/mol. The molecule has 1 amide bonds. The third-order valence-electron chi connectivity index (χ3n) is 3.68. The molecule has 6 nitrogen and oxygen atoms in total. The molecule has 0 saturated heterocycles. The van der Waals surface area contributed by atoms with Crippen molar-refractivity contribution in [2.75, 3.05) is 24.5 Å². The van der Waals surface area contributed by atoms with E-state index in [0.717, 1.165) is 4.31 Å². The minimum Gasteiger partial charge on any atom is -0.495 e. The molecular formula is C19H24N2O4S. The normalized spacial score (nSPS) is 11.2. The first kappa shape index (κ1) is 19.8. The van der Waals surface area contributed by atoms with Gasteiger partial charge in [-0.1, -0.05) is 44.2 Å². The highest BCUT2D eigenvalue weighted by molar-refractivity contribution is 7.92. The van der Waals surface area contributed by atoms with Crippen LogP contribution in [0.25, 0.3) is 0 Å². The summed E-state index contributed by atoms with van der Waals surface area (Å²) in [5.41, 5.74) is 0.318. The lowest BCUT2D eigenvalue weighted by molar-refractivity contribution is -0.119. The van der Waals surface area contributed by atoms with Gasteiger partial charge < -0.3 is 10.1 Å². The fourth-order valence-electron chi connectivity index (χ4n) is 2.36. The van der Waals surface area contributed by atoms with Gasteiger partial charge in [-0.3, -0.25) is 9.10 Å². The van der Waals surface area contributed by atoms with E-state index in [9.17, 15) is 13.2 Å². The molecule has 1 N–H and O–H groups in total. The van der Waals surface area contributed by atoms with Crippen LogP contribution in [0.1, 0.15) is 13.8 Å². The van der Waals surface area contributed by atoms with Crippen molar-refractivity contribution < 1.29 is 17.9 Å². The number of methoxy groups -OCH3 is 1. The lowest BCUT2D eigenvalue weighted by atomic mass is 10.2. The predicted octanol–water partition coefficient (Wildman–Crippen LogP) is 2.66. The molecule has 0 bridgehead atoms. The molecule has 0 unspecified atom stereocenters. The van der Waals surface area contributed by atoms with Crippen molar-refractivity contribution in [2.24, 2.45) is 5.92 Å². The van der Waals surface area contributed by atoms with Crippen molar-refractivity contribution in [3.05, 3.63) is 54.6 Å². The summed E-state index contributed by atoms with van der Waals surface area (Å²) in [6, 6.07) is 14.8. The second-order valence-corrected chi connectivity index (χ2v) is 8.06. The lowest BCUT2D eigenvalue weighted by Crippen LogP contribution is -2.42. The highest BCUT2D eigenvalue weighted by Crippen LogP contribution is 2.31. The molecule has 0 aromatic heterocycles. The fraction of sp³-hybridized carbons (Fsp3) is 0.316. The molecular weight excluding hydrogens is 352 g/mol. The van der Waals surface area contributed by atoms with E-state index in [4.69, 9.17) is 4.74 Å². The molecule has 7 heteroatoms. The van der Waals surface area contributed by atoms with E-state index in [1.807, 2.05) is 13.8 Å². The van der Waals surface area contributed by atoms with Gasteiger partial charge in [0.2, 0.25) is 5.91 Å². The fourth-order valence-corrected chi connectivity index (χ4v) is 3.81. The van der Waals surface area contributed by atoms with Crippen molar-refractivity contribution in [3.63, 3.8) is 0 Å². The highest BCUT2D eigenvalue weighted by atomic mass is 32.2. The molecule has 0 fully saturated rings. The third kappa shape index (κ3) is 4.76. The number of ether oxygens (including phenoxy) is 1. The van der Waals surface area contributed by atoms with Gasteiger partial charge in [-0.15, -0.1) is 0 Å². The SMILES string of the molecule is COc1ccccc1N(CC(=O)NCC(C)C)S(=O)(=O)c1ccccc1. The van der Waals surface area contributed by atoms with Gasteiger partial charge in [0.05, 0.1) is 17.7 Å². The number of nitrogens with one attached hydrogen (secondary N) is 1. The Morgan fingerprint density at radius 2 is 1.69 bits per heavy atom. The number of hydrogen-bond donors (Lipinski definition) is 1. The molecule has 0 atom stereocenters. The monoisotopic (exact) mass is 376 g/mol. The molecule has 0 aliphatic heterocycles. The summed E-state index contributed by atoms with van der Waals surface area (Å²) in [5.74, 6) is 0.275. The predicted molar refractivity (Wildman–Crippen MR) is 102 cm³/mol. The minimum absolute atomic E-state index is 0.113. The first-order valence-corrected chi connectivity index (χ1v) is 9.77. The summed E-state index contributed by atoms with van der Waals surface area (Å²) in [6.07, 6.45) is 0. The average Bonchev–Trinajstić information content (AvgIpc) is 2.65. The zero-order valence-electron chi connectivity index (χ0n) is 15.2. The Labute approximate surface area is 154 Å². The molecule has 2 aromatic rings. The van der Waals surface area contributed by atoms with Crippen molar-refractivity contribution >= 4 is 21.6 Å². The quantitative estimate of drug-likeness (QED) is 0.768. The smallest absolute Gasteiger partial charge is 0.264 e. The van der Waals surface area contributed by atoms with E-state index in [2.05, 4.69) is 5.32 Å². The van der Waals surface area contributed by atoms with E-state index in [1.54, 1.807) is 42.5 Å². The minimum atomic E-state index is -3.93. The Bertz CT molecular complexity index is 836. The van der Waals surface area contributed by atoms with Crippen molar-refractivity contribution in [1.29, 1.82) is 0 Å². The Morgan fingerprint density at radius 1 is 1.08 bits per heavy atom. The third-order valence-corrected chi connectivity index (χ3v) is 5.45. The van der Waals surface area contributed by atoms with Gasteiger partial charge in [-0.25, -0.2) is 8.42 Å². The molecule has 2 rings (SSSR count). The molecule has 0 radical (unpaired) electrons. The van der Waals surface area contributed by atoms with Gasteiger partial charge in [-0.05, 0) is 30.2 Å². The zero-order chi connectivity index (χ0) is 19.2. The number of para-hydroxylation sites is 2. The number of anilines is 1. The summed E-state index contributed by atoms with van der Waals surface area (Å²) in [4.78, 5) is 12.5. The maximum Gasteiger partial charge on any atom is 0.264 e. The van der Waals surface area contributed by atoms with Gasteiger partial charge >= 0.3 is 0 Å². The number of hydrogen-bond acceptors (Lipinski definition) is 4. The van der Waals surface area contributed by atoms with Gasteiger partial charge in [-0.2, -0.15) is 0 Å². The first-order chi connectivity index (χ1) is 12.4. The van der Waals surface area contributed by atoms with Crippen LogP contribution in [0.5, 0.6) is 5.75 Å². The number of nitrogens with zero attached hydrogens (tertiary/aromatic N) is 1. The Hall–Kier alpha value is -2.54. The van der Waals surface area contributed by atoms with Crippen LogP contribution < -0.4 is 14.4 Å². The first-order valence-electron chi connectivity index (χ1n) is 8.33. The molecule has 0 aliphatic rings. The zero-order valence-corrected chi connectivity index (χ0v) is 16.0. The van der Waals surface area contributed by atoms with Crippen LogP contribution in [0.15, 0.2) is 59.5 Å². The summed E-state index contributed by atoms with van der Waals surface area (Å²) in [5, 5.41) is 2.76. The van der Waals surface area contributed by atoms with E-state index in [-0.39, 0.29) is 23.3 Å². The largest absolute Gasteiger partial charge is 0.495 e. The number of amides is 1. The summed E-state index contributed by atoms with van der Waals surface area (Å²) in [6.45, 7) is 4.09.